The summed E-state index contributed by atoms with van der Waals surface area (Å²) in [6, 6.07) is 118. The van der Waals surface area contributed by atoms with Gasteiger partial charge in [0.05, 0.1) is 27.8 Å². The molecule has 0 saturated heterocycles. The minimum Gasteiger partial charge on any atom is -0.456 e. The molecule has 10 heteroatoms. The number of hydrogen-bond acceptors (Lipinski definition) is 8. The maximum atomic E-state index is 6.91. The molecule has 0 spiro atoms. The first-order valence-corrected chi connectivity index (χ1v) is 32.9. The van der Waals surface area contributed by atoms with Crippen molar-refractivity contribution in [2.24, 2.45) is 0 Å². The number of furan rings is 2. The standard InChI is InChI=1S/C84H53B2N5O2S/c1-8-26-54(27-9-1)87(55-28-10-2-11-29-55)61-48-70-81-71(49-61)90(59-36-18-6-19-37-59)83-65(44-46-75-79(83)63-40-22-24-42-73(63)92-75)85(81)67-52-68-77(53-69(67)89(70)58-34-16-5-17-35-58)94-78-51-62(88(56-30-12-3-13-31-56)57-32-14-4-15-33-57)50-72-82(78)86(68)66-45-47-76-80(64-41-23-25-43-74(64)93-76)84(66)91(72)60-38-20-7-21-39-60/h1-53H. The smallest absolute Gasteiger partial charge is 0.252 e. The van der Waals surface area contributed by atoms with E-state index < -0.39 is 0 Å². The van der Waals surface area contributed by atoms with Crippen LogP contribution in [0.25, 0.3) is 43.9 Å². The third kappa shape index (κ3) is 7.90. The molecule has 2 aromatic heterocycles. The first-order valence-electron chi connectivity index (χ1n) is 32.1. The number of nitrogens with zero attached hydrogens (tertiary/aromatic N) is 5. The van der Waals surface area contributed by atoms with Crippen LogP contribution in [-0.4, -0.2) is 13.4 Å². The van der Waals surface area contributed by atoms with Gasteiger partial charge in [0.2, 0.25) is 6.71 Å². The van der Waals surface area contributed by atoms with Crippen molar-refractivity contribution >= 4 is 187 Å². The van der Waals surface area contributed by atoms with Crippen molar-refractivity contribution in [3.8, 4) is 0 Å². The second-order valence-electron chi connectivity index (χ2n) is 24.7. The predicted octanol–water partition coefficient (Wildman–Crippen LogP) is 19.3. The Kier molecular flexibility index (Phi) is 11.7. The van der Waals surface area contributed by atoms with Crippen molar-refractivity contribution in [1.29, 1.82) is 0 Å². The summed E-state index contributed by atoms with van der Waals surface area (Å²) in [5.41, 5.74) is 27.2. The molecule has 0 aliphatic carbocycles. The molecule has 14 aromatic carbocycles. The van der Waals surface area contributed by atoms with Crippen LogP contribution in [-0.2, 0) is 0 Å². The molecule has 0 fully saturated rings. The molecule has 7 nitrogen and oxygen atoms in total. The lowest BCUT2D eigenvalue weighted by molar-refractivity contribution is 0.668. The third-order valence-corrected chi connectivity index (χ3v) is 20.7. The van der Waals surface area contributed by atoms with Gasteiger partial charge in [0.1, 0.15) is 22.3 Å². The Morgan fingerprint density at radius 2 is 0.638 bits per heavy atom. The van der Waals surface area contributed by atoms with E-state index in [9.17, 15) is 0 Å². The maximum absolute atomic E-state index is 6.91. The number of para-hydroxylation sites is 9. The molecule has 16 aromatic rings. The van der Waals surface area contributed by atoms with Crippen LogP contribution in [0.4, 0.5) is 85.3 Å². The highest BCUT2D eigenvalue weighted by Crippen LogP contribution is 2.54. The zero-order valence-corrected chi connectivity index (χ0v) is 51.5. The monoisotopic (exact) mass is 1220 g/mol. The summed E-state index contributed by atoms with van der Waals surface area (Å²) in [6.45, 7) is -0.435. The molecule has 438 valence electrons. The Labute approximate surface area is 548 Å². The lowest BCUT2D eigenvalue weighted by Crippen LogP contribution is -2.64. The van der Waals surface area contributed by atoms with Gasteiger partial charge >= 0.3 is 0 Å². The van der Waals surface area contributed by atoms with E-state index in [4.69, 9.17) is 8.83 Å². The van der Waals surface area contributed by atoms with Gasteiger partial charge in [-0.15, -0.1) is 0 Å². The van der Waals surface area contributed by atoms with Crippen molar-refractivity contribution < 1.29 is 8.83 Å². The molecular weight excluding hydrogens is 1160 g/mol. The van der Waals surface area contributed by atoms with E-state index in [1.54, 1.807) is 0 Å². The van der Waals surface area contributed by atoms with Crippen molar-refractivity contribution in [3.05, 3.63) is 322 Å². The third-order valence-electron chi connectivity index (χ3n) is 19.5. The summed E-state index contributed by atoms with van der Waals surface area (Å²) in [4.78, 5) is 14.9. The van der Waals surface area contributed by atoms with Gasteiger partial charge in [-0.3, -0.25) is 0 Å². The van der Waals surface area contributed by atoms with E-state index in [1.807, 2.05) is 11.8 Å². The largest absolute Gasteiger partial charge is 0.456 e. The Hall–Kier alpha value is -11.8. The minimum absolute atomic E-state index is 0.196. The second kappa shape index (κ2) is 20.8. The van der Waals surface area contributed by atoms with E-state index >= 15 is 0 Å². The van der Waals surface area contributed by atoms with Crippen molar-refractivity contribution in [3.63, 3.8) is 0 Å². The van der Waals surface area contributed by atoms with E-state index in [2.05, 4.69) is 346 Å². The molecular formula is C84H53B2N5O2S. The van der Waals surface area contributed by atoms with Crippen LogP contribution in [0.3, 0.4) is 0 Å². The van der Waals surface area contributed by atoms with E-state index in [0.29, 0.717) is 0 Å². The average Bonchev–Trinajstić information content (AvgIpc) is 0.914. The summed E-state index contributed by atoms with van der Waals surface area (Å²) in [7, 11) is 0. The molecule has 0 saturated carbocycles. The molecule has 0 bridgehead atoms. The fraction of sp³-hybridized carbons (Fsp3) is 0. The predicted molar refractivity (Wildman–Crippen MR) is 394 cm³/mol. The molecule has 0 N–H and O–H groups in total. The number of hydrogen-bond donors (Lipinski definition) is 0. The Balaban J connectivity index is 0.917. The highest BCUT2D eigenvalue weighted by atomic mass is 32.2. The normalized spacial score (nSPS) is 13.2. The van der Waals surface area contributed by atoms with Crippen LogP contribution in [0.15, 0.2) is 340 Å². The zero-order valence-electron chi connectivity index (χ0n) is 50.7. The van der Waals surface area contributed by atoms with Gasteiger partial charge in [0.25, 0.3) is 6.71 Å². The van der Waals surface area contributed by atoms with E-state index in [-0.39, 0.29) is 13.4 Å². The minimum atomic E-state index is -0.239. The quantitative estimate of drug-likeness (QED) is 0.132. The topological polar surface area (TPSA) is 42.5 Å². The summed E-state index contributed by atoms with van der Waals surface area (Å²) >= 11 is 1.89. The number of rotatable bonds is 9. The highest BCUT2D eigenvalue weighted by molar-refractivity contribution is 8.00. The van der Waals surface area contributed by atoms with Crippen LogP contribution < -0.4 is 57.3 Å². The lowest BCUT2D eigenvalue weighted by atomic mass is 9.31. The molecule has 0 amide bonds. The zero-order chi connectivity index (χ0) is 61.5. The van der Waals surface area contributed by atoms with Gasteiger partial charge in [-0.05, 0) is 167 Å². The number of fused-ring (bicyclic) bond motifs is 16. The molecule has 0 atom stereocenters. The van der Waals surface area contributed by atoms with Gasteiger partial charge in [-0.2, -0.15) is 0 Å². The molecule has 4 aliphatic heterocycles. The average molecular weight is 1220 g/mol. The molecule has 4 aliphatic rings. The van der Waals surface area contributed by atoms with Gasteiger partial charge in [-0.25, -0.2) is 0 Å². The van der Waals surface area contributed by atoms with Crippen LogP contribution in [0.1, 0.15) is 0 Å². The number of anilines is 15. The van der Waals surface area contributed by atoms with Crippen molar-refractivity contribution in [2.45, 2.75) is 9.79 Å². The summed E-state index contributed by atoms with van der Waals surface area (Å²) in [5, 5.41) is 4.35. The Morgan fingerprint density at radius 1 is 0.266 bits per heavy atom. The second-order valence-corrected chi connectivity index (χ2v) is 25.8. The van der Waals surface area contributed by atoms with E-state index in [0.717, 1.165) is 129 Å². The molecule has 0 radical (unpaired) electrons. The molecule has 6 heterocycles. The molecule has 0 unspecified atom stereocenters. The van der Waals surface area contributed by atoms with Crippen molar-refractivity contribution in [1.82, 2.24) is 0 Å². The summed E-state index contributed by atoms with van der Waals surface area (Å²) in [5.74, 6) is 0. The van der Waals surface area contributed by atoms with Gasteiger partial charge in [0, 0.05) is 88.8 Å². The maximum Gasteiger partial charge on any atom is 0.252 e. The van der Waals surface area contributed by atoms with Gasteiger partial charge < -0.3 is 33.3 Å². The van der Waals surface area contributed by atoms with Crippen LogP contribution >= 0.6 is 11.8 Å². The van der Waals surface area contributed by atoms with Crippen LogP contribution in [0.5, 0.6) is 0 Å². The Morgan fingerprint density at radius 3 is 1.10 bits per heavy atom. The number of benzene rings is 14. The Bertz CT molecular complexity index is 5620. The van der Waals surface area contributed by atoms with Crippen LogP contribution in [0.2, 0.25) is 0 Å². The summed E-state index contributed by atoms with van der Waals surface area (Å²) < 4.78 is 13.8. The summed E-state index contributed by atoms with van der Waals surface area (Å²) in [6.07, 6.45) is 0. The first-order chi connectivity index (χ1) is 46.7. The fourth-order valence-corrected chi connectivity index (χ4v) is 17.0. The highest BCUT2D eigenvalue weighted by Gasteiger charge is 2.49. The fourth-order valence-electron chi connectivity index (χ4n) is 15.8. The van der Waals surface area contributed by atoms with Crippen LogP contribution in [0, 0.1) is 0 Å². The van der Waals surface area contributed by atoms with Crippen molar-refractivity contribution in [2.75, 3.05) is 24.5 Å². The van der Waals surface area contributed by atoms with Gasteiger partial charge in [0.15, 0.2) is 0 Å². The van der Waals surface area contributed by atoms with E-state index in [1.165, 1.54) is 42.6 Å². The molecule has 94 heavy (non-hydrogen) atoms. The lowest BCUT2D eigenvalue weighted by Gasteiger charge is -2.46. The SMILES string of the molecule is c1ccc(N(c2ccccc2)c2cc3c4c(c2)N(c2ccccc2)c2c(ccc5oc6ccccc6c25)B4c2cc4c(cc2S3)N(c2ccccc2)c2cc(N(c3ccccc3)c3ccccc3)cc3c2B4c2ccc4oc5ccccc5c4c2N3c2ccccc2)cc1. The first kappa shape index (κ1) is 52.9. The molecule has 20 rings (SSSR count). The van der Waals surface area contributed by atoms with Gasteiger partial charge in [-0.1, -0.05) is 199 Å².